The lowest BCUT2D eigenvalue weighted by atomic mass is 9.77. The summed E-state index contributed by atoms with van der Waals surface area (Å²) in [4.78, 5) is 11.6. The van der Waals surface area contributed by atoms with Gasteiger partial charge < -0.3 is 10.1 Å². The lowest BCUT2D eigenvalue weighted by molar-refractivity contribution is -0.137. The van der Waals surface area contributed by atoms with Crippen LogP contribution >= 0.6 is 0 Å². The highest BCUT2D eigenvalue weighted by molar-refractivity contribution is 5.87. The van der Waals surface area contributed by atoms with Crippen LogP contribution in [0.5, 0.6) is 0 Å². The van der Waals surface area contributed by atoms with Crippen LogP contribution in [0.2, 0.25) is 0 Å². The van der Waals surface area contributed by atoms with E-state index in [1.54, 1.807) is 13.0 Å². The summed E-state index contributed by atoms with van der Waals surface area (Å²) in [5, 5.41) is 3.84. The molecule has 1 N–H and O–H groups in total. The Labute approximate surface area is 195 Å². The van der Waals surface area contributed by atoms with Gasteiger partial charge in [-0.25, -0.2) is 4.79 Å². The molecule has 4 rings (SSSR count). The van der Waals surface area contributed by atoms with Crippen molar-refractivity contribution in [3.63, 3.8) is 0 Å². The minimum Gasteiger partial charge on any atom is -0.463 e. The van der Waals surface area contributed by atoms with Crippen molar-refractivity contribution in [3.8, 4) is 0 Å². The van der Waals surface area contributed by atoms with E-state index in [0.29, 0.717) is 6.61 Å². The van der Waals surface area contributed by atoms with E-state index in [2.05, 4.69) is 78.1 Å². The Morgan fingerprint density at radius 1 is 0.727 bits per heavy atom. The summed E-state index contributed by atoms with van der Waals surface area (Å²) in [7, 11) is 0. The minimum absolute atomic E-state index is 0.337. The monoisotopic (exact) mass is 433 g/mol. The summed E-state index contributed by atoms with van der Waals surface area (Å²) in [5.41, 5.74) is 4.76. The summed E-state index contributed by atoms with van der Waals surface area (Å²) in [6.45, 7) is 2.16. The highest BCUT2D eigenvalue weighted by Crippen LogP contribution is 2.39. The molecule has 4 aromatic rings. The van der Waals surface area contributed by atoms with Gasteiger partial charge in [-0.1, -0.05) is 103 Å². The second-order valence-electron chi connectivity index (χ2n) is 7.68. The molecule has 0 spiro atoms. The summed E-state index contributed by atoms with van der Waals surface area (Å²) < 4.78 is 4.96. The molecule has 0 atom stereocenters. The van der Waals surface area contributed by atoms with Crippen molar-refractivity contribution in [2.24, 2.45) is 0 Å². The predicted molar refractivity (Wildman–Crippen MR) is 135 cm³/mol. The molecule has 3 nitrogen and oxygen atoms in total. The molecular weight excluding hydrogens is 406 g/mol. The lowest BCUT2D eigenvalue weighted by Gasteiger charge is -2.38. The highest BCUT2D eigenvalue weighted by atomic mass is 16.5. The van der Waals surface area contributed by atoms with Gasteiger partial charge in [-0.05, 0) is 47.4 Å². The van der Waals surface area contributed by atoms with Crippen molar-refractivity contribution < 1.29 is 9.53 Å². The first-order valence-electron chi connectivity index (χ1n) is 11.1. The van der Waals surface area contributed by atoms with Gasteiger partial charge in [-0.2, -0.15) is 0 Å². The Morgan fingerprint density at radius 3 is 1.61 bits per heavy atom. The number of carbonyl (C=O) groups excluding carboxylic acids is 1. The molecule has 0 aliphatic carbocycles. The molecule has 0 aliphatic heterocycles. The van der Waals surface area contributed by atoms with E-state index in [9.17, 15) is 4.79 Å². The topological polar surface area (TPSA) is 38.3 Å². The molecule has 3 heteroatoms. The first-order chi connectivity index (χ1) is 16.2. The van der Waals surface area contributed by atoms with E-state index in [4.69, 9.17) is 4.74 Å². The maximum atomic E-state index is 11.6. The van der Waals surface area contributed by atoms with Crippen molar-refractivity contribution in [1.82, 2.24) is 0 Å². The van der Waals surface area contributed by atoms with E-state index in [1.165, 1.54) is 6.08 Å². The Bertz CT molecular complexity index is 1090. The summed E-state index contributed by atoms with van der Waals surface area (Å²) >= 11 is 0. The van der Waals surface area contributed by atoms with Crippen molar-refractivity contribution in [2.75, 3.05) is 11.9 Å². The van der Waals surface area contributed by atoms with E-state index in [1.807, 2.05) is 42.5 Å². The van der Waals surface area contributed by atoms with Gasteiger partial charge in [-0.15, -0.1) is 0 Å². The molecule has 4 aromatic carbocycles. The van der Waals surface area contributed by atoms with Crippen LogP contribution in [0.1, 0.15) is 29.2 Å². The Morgan fingerprint density at radius 2 is 1.18 bits per heavy atom. The molecule has 0 radical (unpaired) electrons. The molecule has 0 saturated heterocycles. The number of benzene rings is 4. The molecule has 0 saturated carbocycles. The number of nitrogens with one attached hydrogen (secondary N) is 1. The average molecular weight is 434 g/mol. The number of hydrogen-bond acceptors (Lipinski definition) is 3. The van der Waals surface area contributed by atoms with E-state index in [0.717, 1.165) is 27.9 Å². The zero-order chi connectivity index (χ0) is 22.9. The zero-order valence-corrected chi connectivity index (χ0v) is 18.6. The third kappa shape index (κ3) is 5.04. The Hall–Kier alpha value is -4.11. The Kier molecular flexibility index (Phi) is 7.01. The molecule has 0 fully saturated rings. The van der Waals surface area contributed by atoms with Crippen LogP contribution in [0, 0.1) is 0 Å². The van der Waals surface area contributed by atoms with Gasteiger partial charge in [0, 0.05) is 11.8 Å². The summed E-state index contributed by atoms with van der Waals surface area (Å²) in [6.07, 6.45) is 3.22. The first-order valence-corrected chi connectivity index (χ1v) is 11.1. The SMILES string of the molecule is CCOC(=O)C=Cc1ccc(NC(c2ccccc2)(c2ccccc2)c2ccccc2)cc1. The molecule has 0 aromatic heterocycles. The van der Waals surface area contributed by atoms with Crippen molar-refractivity contribution in [3.05, 3.63) is 144 Å². The van der Waals surface area contributed by atoms with Crippen molar-refractivity contribution in [2.45, 2.75) is 12.5 Å². The second-order valence-corrected chi connectivity index (χ2v) is 7.68. The maximum absolute atomic E-state index is 11.6. The first kappa shape index (κ1) is 22.1. The van der Waals surface area contributed by atoms with Gasteiger partial charge in [0.15, 0.2) is 0 Å². The number of anilines is 1. The second kappa shape index (κ2) is 10.5. The van der Waals surface area contributed by atoms with Crippen LogP contribution in [0.25, 0.3) is 6.08 Å². The molecule has 164 valence electrons. The highest BCUT2D eigenvalue weighted by Gasteiger charge is 2.36. The van der Waals surface area contributed by atoms with Crippen LogP contribution in [0.4, 0.5) is 5.69 Å². The van der Waals surface area contributed by atoms with Gasteiger partial charge in [0.25, 0.3) is 0 Å². The van der Waals surface area contributed by atoms with Crippen LogP contribution in [-0.2, 0) is 15.1 Å². The van der Waals surface area contributed by atoms with Gasteiger partial charge in [0.2, 0.25) is 0 Å². The van der Waals surface area contributed by atoms with Gasteiger partial charge in [-0.3, -0.25) is 0 Å². The molecular formula is C30H27NO2. The third-order valence-corrected chi connectivity index (χ3v) is 5.56. The zero-order valence-electron chi connectivity index (χ0n) is 18.6. The fourth-order valence-electron chi connectivity index (χ4n) is 4.03. The molecule has 33 heavy (non-hydrogen) atoms. The molecule has 0 aliphatic rings. The van der Waals surface area contributed by atoms with Crippen LogP contribution < -0.4 is 5.32 Å². The average Bonchev–Trinajstić information content (AvgIpc) is 2.88. The fraction of sp³-hybridized carbons (Fsp3) is 0.100. The Balaban J connectivity index is 1.77. The molecule has 0 heterocycles. The van der Waals surface area contributed by atoms with E-state index in [-0.39, 0.29) is 5.97 Å². The van der Waals surface area contributed by atoms with Crippen LogP contribution in [-0.4, -0.2) is 12.6 Å². The minimum atomic E-state index is -0.577. The van der Waals surface area contributed by atoms with Gasteiger partial charge in [0.1, 0.15) is 5.54 Å². The standard InChI is InChI=1S/C30H27NO2/c1-2-33-29(32)23-20-24-18-21-28(22-19-24)31-30(25-12-6-3-7-13-25,26-14-8-4-9-15-26)27-16-10-5-11-17-27/h3-23,31H,2H2,1H3. The van der Waals surface area contributed by atoms with Crippen molar-refractivity contribution >= 4 is 17.7 Å². The largest absolute Gasteiger partial charge is 0.463 e. The van der Waals surface area contributed by atoms with Gasteiger partial charge in [0.05, 0.1) is 6.61 Å². The molecule has 0 unspecified atom stereocenters. The maximum Gasteiger partial charge on any atom is 0.330 e. The molecule has 0 bridgehead atoms. The van der Waals surface area contributed by atoms with Crippen LogP contribution in [0.3, 0.4) is 0 Å². The quantitative estimate of drug-likeness (QED) is 0.192. The van der Waals surface area contributed by atoms with Crippen LogP contribution in [0.15, 0.2) is 121 Å². The molecule has 0 amide bonds. The third-order valence-electron chi connectivity index (χ3n) is 5.56. The van der Waals surface area contributed by atoms with Crippen molar-refractivity contribution in [1.29, 1.82) is 0 Å². The number of rotatable bonds is 8. The fourth-order valence-corrected chi connectivity index (χ4v) is 4.03. The number of ether oxygens (including phenoxy) is 1. The van der Waals surface area contributed by atoms with Gasteiger partial charge >= 0.3 is 5.97 Å². The summed E-state index contributed by atoms with van der Waals surface area (Å²) in [5.74, 6) is -0.337. The summed E-state index contributed by atoms with van der Waals surface area (Å²) in [6, 6.07) is 39.5. The number of carbonyl (C=O) groups is 1. The lowest BCUT2D eigenvalue weighted by Crippen LogP contribution is -2.38. The number of esters is 1. The normalized spacial score (nSPS) is 11.3. The van der Waals surface area contributed by atoms with E-state index < -0.39 is 5.54 Å². The number of hydrogen-bond donors (Lipinski definition) is 1. The predicted octanol–water partition coefficient (Wildman–Crippen LogP) is 6.67. The smallest absolute Gasteiger partial charge is 0.330 e. The van der Waals surface area contributed by atoms with E-state index >= 15 is 0 Å².